The van der Waals surface area contributed by atoms with Crippen LogP contribution in [0.4, 0.5) is 0 Å². The number of benzene rings is 3. The summed E-state index contributed by atoms with van der Waals surface area (Å²) < 4.78 is 10.9. The first-order valence-electron chi connectivity index (χ1n) is 12.4. The standard InChI is InChI=1S/C29H28ClN3O5/c1-37-21-9-7-19(8-10-21)26-27(32-38-28(26)22-15-23(30)25(35)16-24(22)34)29(36)31-20-11-13-33(14-12-20)17-18-5-3-2-4-6-18/h2-10,15-16,20,34-35H,11-14,17H2,1H3,(H,31,36). The van der Waals surface area contributed by atoms with E-state index in [1.54, 1.807) is 31.4 Å². The van der Waals surface area contributed by atoms with Gasteiger partial charge in [-0.1, -0.05) is 59.2 Å². The quantitative estimate of drug-likeness (QED) is 0.289. The topological polar surface area (TPSA) is 108 Å². The van der Waals surface area contributed by atoms with Gasteiger partial charge >= 0.3 is 0 Å². The number of aromatic hydroxyl groups is 2. The number of rotatable bonds is 7. The number of amides is 1. The van der Waals surface area contributed by atoms with Crippen molar-refractivity contribution in [2.75, 3.05) is 20.2 Å². The zero-order valence-electron chi connectivity index (χ0n) is 20.9. The molecule has 8 nitrogen and oxygen atoms in total. The van der Waals surface area contributed by atoms with Crippen molar-refractivity contribution < 1.29 is 24.3 Å². The highest BCUT2D eigenvalue weighted by molar-refractivity contribution is 6.32. The average molecular weight is 534 g/mol. The molecule has 0 radical (unpaired) electrons. The predicted octanol–water partition coefficient (Wildman–Crippen LogP) is 5.48. The SMILES string of the molecule is COc1ccc(-c2c(C(=O)NC3CCN(Cc4ccccc4)CC3)noc2-c2cc(Cl)c(O)cc2O)cc1. The van der Waals surface area contributed by atoms with Gasteiger partial charge in [0.2, 0.25) is 0 Å². The van der Waals surface area contributed by atoms with Gasteiger partial charge in [0.1, 0.15) is 17.2 Å². The van der Waals surface area contributed by atoms with Crippen LogP contribution < -0.4 is 10.1 Å². The van der Waals surface area contributed by atoms with Gasteiger partial charge in [-0.25, -0.2) is 0 Å². The monoisotopic (exact) mass is 533 g/mol. The van der Waals surface area contributed by atoms with E-state index in [1.807, 2.05) is 18.2 Å². The lowest BCUT2D eigenvalue weighted by atomic mass is 9.97. The number of phenolic OH excluding ortho intramolecular Hbond substituents is 2. The molecule has 1 saturated heterocycles. The third kappa shape index (κ3) is 5.46. The summed E-state index contributed by atoms with van der Waals surface area (Å²) in [7, 11) is 1.57. The molecule has 2 heterocycles. The lowest BCUT2D eigenvalue weighted by molar-refractivity contribution is 0.0900. The molecule has 3 aromatic carbocycles. The molecule has 0 spiro atoms. The van der Waals surface area contributed by atoms with Gasteiger partial charge in [-0.2, -0.15) is 0 Å². The number of carbonyl (C=O) groups excluding carboxylic acids is 1. The zero-order valence-corrected chi connectivity index (χ0v) is 21.6. The van der Waals surface area contributed by atoms with Crippen LogP contribution in [0.15, 0.2) is 71.3 Å². The highest BCUT2D eigenvalue weighted by atomic mass is 35.5. The molecule has 3 N–H and O–H groups in total. The van der Waals surface area contributed by atoms with E-state index < -0.39 is 0 Å². The molecule has 0 unspecified atom stereocenters. The Hall–Kier alpha value is -4.01. The second kappa shape index (κ2) is 11.2. The van der Waals surface area contributed by atoms with Crippen LogP contribution in [0.3, 0.4) is 0 Å². The number of piperidine rings is 1. The number of phenols is 2. The fourth-order valence-corrected chi connectivity index (χ4v) is 4.88. The van der Waals surface area contributed by atoms with Crippen molar-refractivity contribution in [1.82, 2.24) is 15.4 Å². The molecule has 0 aliphatic carbocycles. The largest absolute Gasteiger partial charge is 0.507 e. The summed E-state index contributed by atoms with van der Waals surface area (Å²) in [4.78, 5) is 15.8. The number of nitrogens with zero attached hydrogens (tertiary/aromatic N) is 2. The van der Waals surface area contributed by atoms with E-state index in [0.29, 0.717) is 16.9 Å². The van der Waals surface area contributed by atoms with Crippen LogP contribution in [-0.4, -0.2) is 52.4 Å². The van der Waals surface area contributed by atoms with Gasteiger partial charge in [0.15, 0.2) is 11.5 Å². The van der Waals surface area contributed by atoms with Gasteiger partial charge in [0.25, 0.3) is 5.91 Å². The van der Waals surface area contributed by atoms with Crippen LogP contribution in [-0.2, 0) is 6.54 Å². The molecule has 1 aliphatic rings. The van der Waals surface area contributed by atoms with Crippen LogP contribution in [0.5, 0.6) is 17.2 Å². The Labute approximate surface area is 225 Å². The first-order chi connectivity index (χ1) is 18.4. The number of ether oxygens (including phenoxy) is 1. The summed E-state index contributed by atoms with van der Waals surface area (Å²) in [6.45, 7) is 2.62. The van der Waals surface area contributed by atoms with Crippen molar-refractivity contribution in [3.63, 3.8) is 0 Å². The number of halogens is 1. The van der Waals surface area contributed by atoms with Crippen molar-refractivity contribution in [1.29, 1.82) is 0 Å². The highest BCUT2D eigenvalue weighted by Gasteiger charge is 2.29. The van der Waals surface area contributed by atoms with Gasteiger partial charge in [0, 0.05) is 31.7 Å². The van der Waals surface area contributed by atoms with Crippen LogP contribution in [0.25, 0.3) is 22.5 Å². The van der Waals surface area contributed by atoms with E-state index in [2.05, 4.69) is 27.5 Å². The first-order valence-corrected chi connectivity index (χ1v) is 12.7. The highest BCUT2D eigenvalue weighted by Crippen LogP contribution is 2.43. The van der Waals surface area contributed by atoms with Crippen LogP contribution in [0.2, 0.25) is 5.02 Å². The molecular formula is C29H28ClN3O5. The van der Waals surface area contributed by atoms with Crippen LogP contribution in [0, 0.1) is 0 Å². The number of carbonyl (C=O) groups is 1. The fourth-order valence-electron chi connectivity index (χ4n) is 4.72. The molecular weight excluding hydrogens is 506 g/mol. The number of methoxy groups -OCH3 is 1. The van der Waals surface area contributed by atoms with Gasteiger partial charge in [-0.3, -0.25) is 9.69 Å². The Morgan fingerprint density at radius 2 is 1.79 bits per heavy atom. The van der Waals surface area contributed by atoms with Crippen molar-refractivity contribution in [3.8, 4) is 39.7 Å². The molecule has 1 aliphatic heterocycles. The third-order valence-electron chi connectivity index (χ3n) is 6.77. The molecule has 38 heavy (non-hydrogen) atoms. The maximum Gasteiger partial charge on any atom is 0.274 e. The molecule has 0 atom stereocenters. The maximum atomic E-state index is 13.5. The summed E-state index contributed by atoms with van der Waals surface area (Å²) in [6.07, 6.45) is 1.63. The minimum atomic E-state index is -0.364. The van der Waals surface area contributed by atoms with Crippen molar-refractivity contribution in [3.05, 3.63) is 83.0 Å². The number of hydrogen-bond donors (Lipinski definition) is 3. The summed E-state index contributed by atoms with van der Waals surface area (Å²) in [5.41, 5.74) is 2.63. The molecule has 1 aromatic heterocycles. The van der Waals surface area contributed by atoms with E-state index >= 15 is 0 Å². The minimum Gasteiger partial charge on any atom is -0.507 e. The van der Waals surface area contributed by atoms with E-state index in [-0.39, 0.29) is 45.5 Å². The first kappa shape index (κ1) is 25.6. The predicted molar refractivity (Wildman–Crippen MR) is 144 cm³/mol. The lowest BCUT2D eigenvalue weighted by Crippen LogP contribution is -2.44. The van der Waals surface area contributed by atoms with Gasteiger partial charge in [0.05, 0.1) is 23.3 Å². The average Bonchev–Trinajstić information content (AvgIpc) is 3.37. The molecule has 1 amide bonds. The second-order valence-electron chi connectivity index (χ2n) is 9.29. The van der Waals surface area contributed by atoms with E-state index in [0.717, 1.165) is 38.5 Å². The van der Waals surface area contributed by atoms with Crippen molar-refractivity contribution >= 4 is 17.5 Å². The maximum absolute atomic E-state index is 13.5. The number of aromatic nitrogens is 1. The second-order valence-corrected chi connectivity index (χ2v) is 9.70. The summed E-state index contributed by atoms with van der Waals surface area (Å²) in [5, 5.41) is 27.6. The lowest BCUT2D eigenvalue weighted by Gasteiger charge is -2.32. The van der Waals surface area contributed by atoms with E-state index in [4.69, 9.17) is 20.9 Å². The molecule has 0 saturated carbocycles. The minimum absolute atomic E-state index is 0.00471. The summed E-state index contributed by atoms with van der Waals surface area (Å²) in [5.74, 6) is -0.0739. The van der Waals surface area contributed by atoms with Gasteiger partial charge < -0.3 is 24.8 Å². The Morgan fingerprint density at radius 1 is 1.08 bits per heavy atom. The molecule has 5 rings (SSSR count). The van der Waals surface area contributed by atoms with Crippen LogP contribution in [0.1, 0.15) is 28.9 Å². The van der Waals surface area contributed by atoms with Gasteiger partial charge in [-0.15, -0.1) is 0 Å². The Bertz CT molecular complexity index is 1410. The number of nitrogens with one attached hydrogen (secondary N) is 1. The van der Waals surface area contributed by atoms with Crippen molar-refractivity contribution in [2.45, 2.75) is 25.4 Å². The Balaban J connectivity index is 1.39. The molecule has 9 heteroatoms. The number of likely N-dealkylation sites (tertiary alicyclic amines) is 1. The zero-order chi connectivity index (χ0) is 26.6. The molecule has 1 fully saturated rings. The summed E-state index contributed by atoms with van der Waals surface area (Å²) >= 11 is 6.11. The van der Waals surface area contributed by atoms with E-state index in [1.165, 1.54) is 11.6 Å². The fraction of sp³-hybridized carbons (Fsp3) is 0.241. The molecule has 0 bridgehead atoms. The molecule has 4 aromatic rings. The Kier molecular flexibility index (Phi) is 7.53. The molecule has 196 valence electrons. The third-order valence-corrected chi connectivity index (χ3v) is 7.07. The van der Waals surface area contributed by atoms with Crippen molar-refractivity contribution in [2.24, 2.45) is 0 Å². The summed E-state index contributed by atoms with van der Waals surface area (Å²) in [6, 6.07) is 19.9. The van der Waals surface area contributed by atoms with Gasteiger partial charge in [-0.05, 0) is 42.2 Å². The number of hydrogen-bond acceptors (Lipinski definition) is 7. The van der Waals surface area contributed by atoms with E-state index in [9.17, 15) is 15.0 Å². The normalized spacial score (nSPS) is 14.4. The smallest absolute Gasteiger partial charge is 0.274 e. The Morgan fingerprint density at radius 3 is 2.47 bits per heavy atom. The van der Waals surface area contributed by atoms with Crippen LogP contribution >= 0.6 is 11.6 Å².